The number of nitrogens with zero attached hydrogens (tertiary/aromatic N) is 4. The summed E-state index contributed by atoms with van der Waals surface area (Å²) < 4.78 is 37.1. The predicted molar refractivity (Wildman–Crippen MR) is 134 cm³/mol. The van der Waals surface area contributed by atoms with Crippen molar-refractivity contribution in [3.05, 3.63) is 89.0 Å². The Balaban J connectivity index is 1.61. The summed E-state index contributed by atoms with van der Waals surface area (Å²) in [7, 11) is -3.96. The second-order valence-corrected chi connectivity index (χ2v) is 9.60. The largest absolute Gasteiger partial charge is 0.463 e. The molecule has 0 radical (unpaired) electrons. The molecule has 0 bridgehead atoms. The number of aryl methyl sites for hydroxylation is 1. The maximum atomic E-state index is 12.8. The molecule has 0 spiro atoms. The van der Waals surface area contributed by atoms with Gasteiger partial charge in [-0.25, -0.2) is 24.7 Å². The highest BCUT2D eigenvalue weighted by atomic mass is 79.9. The van der Waals surface area contributed by atoms with E-state index in [9.17, 15) is 8.42 Å². The third-order valence-electron chi connectivity index (χ3n) is 4.69. The molecule has 11 heteroatoms. The van der Waals surface area contributed by atoms with Crippen LogP contribution in [-0.2, 0) is 16.6 Å². The van der Waals surface area contributed by atoms with Crippen molar-refractivity contribution in [2.45, 2.75) is 13.3 Å². The highest BCUT2D eigenvalue weighted by molar-refractivity contribution is 9.10. The smallest absolute Gasteiger partial charge is 0.322 e. The maximum Gasteiger partial charge on any atom is 0.322 e. The highest BCUT2D eigenvalue weighted by Gasteiger charge is 2.19. The first-order valence-electron chi connectivity index (χ1n) is 10.3. The summed E-state index contributed by atoms with van der Waals surface area (Å²) in [5.74, 6) is 0.164. The molecule has 0 atom stereocenters. The van der Waals surface area contributed by atoms with E-state index in [-0.39, 0.29) is 18.4 Å². The lowest BCUT2D eigenvalue weighted by Gasteiger charge is -2.16. The van der Waals surface area contributed by atoms with Crippen LogP contribution in [0.2, 0.25) is 0 Å². The van der Waals surface area contributed by atoms with Gasteiger partial charge in [0.25, 0.3) is 0 Å². The Kier molecular flexibility index (Phi) is 7.33. The first-order chi connectivity index (χ1) is 16.4. The Morgan fingerprint density at radius 3 is 2.32 bits per heavy atom. The first kappa shape index (κ1) is 23.6. The SMILES string of the molecule is Cc1ccc(-c2c(CCOc3ncc(Br)cn3)ncnc2NS(=O)(=O)Nc2ccccc2)cc1. The van der Waals surface area contributed by atoms with Crippen LogP contribution in [-0.4, -0.2) is 35.0 Å². The molecule has 34 heavy (non-hydrogen) atoms. The quantitative estimate of drug-likeness (QED) is 0.323. The van der Waals surface area contributed by atoms with Crippen molar-refractivity contribution < 1.29 is 13.2 Å². The second-order valence-electron chi connectivity index (χ2n) is 7.27. The molecule has 0 saturated heterocycles. The number of benzene rings is 2. The van der Waals surface area contributed by atoms with E-state index in [1.165, 1.54) is 6.33 Å². The molecule has 0 aliphatic rings. The Hall–Kier alpha value is -3.57. The first-order valence-corrected chi connectivity index (χ1v) is 12.5. The summed E-state index contributed by atoms with van der Waals surface area (Å²) >= 11 is 3.28. The standard InChI is InChI=1S/C23H21BrN6O3S/c1-16-7-9-17(10-8-16)21-20(11-12-33-23-25-13-18(24)14-26-23)27-15-28-22(21)30-34(31,32)29-19-5-3-2-4-6-19/h2-10,13-15,29H,11-12H2,1H3,(H,27,28,30). The fourth-order valence-electron chi connectivity index (χ4n) is 3.14. The van der Waals surface area contributed by atoms with Crippen LogP contribution < -0.4 is 14.2 Å². The van der Waals surface area contributed by atoms with Gasteiger partial charge in [0.15, 0.2) is 5.82 Å². The molecule has 0 fully saturated rings. The summed E-state index contributed by atoms with van der Waals surface area (Å²) in [6.45, 7) is 2.22. The van der Waals surface area contributed by atoms with Crippen molar-refractivity contribution >= 4 is 37.6 Å². The summed E-state index contributed by atoms with van der Waals surface area (Å²) in [4.78, 5) is 16.8. The molecule has 9 nitrogen and oxygen atoms in total. The molecule has 2 N–H and O–H groups in total. The van der Waals surface area contributed by atoms with Gasteiger partial charge in [-0.2, -0.15) is 8.42 Å². The van der Waals surface area contributed by atoms with E-state index >= 15 is 0 Å². The molecular weight excluding hydrogens is 520 g/mol. The molecule has 0 amide bonds. The number of para-hydroxylation sites is 1. The van der Waals surface area contributed by atoms with Crippen LogP contribution in [0.25, 0.3) is 11.1 Å². The topological polar surface area (TPSA) is 119 Å². The van der Waals surface area contributed by atoms with E-state index in [0.29, 0.717) is 23.4 Å². The van der Waals surface area contributed by atoms with Gasteiger partial charge in [0.1, 0.15) is 6.33 Å². The molecule has 174 valence electrons. The molecular formula is C23H21BrN6O3S. The molecule has 0 saturated carbocycles. The van der Waals surface area contributed by atoms with E-state index in [1.54, 1.807) is 42.7 Å². The van der Waals surface area contributed by atoms with Crippen LogP contribution in [0.15, 0.2) is 77.8 Å². The van der Waals surface area contributed by atoms with E-state index in [2.05, 4.69) is 45.3 Å². The van der Waals surface area contributed by atoms with Crippen molar-refractivity contribution in [3.8, 4) is 17.1 Å². The number of aromatic nitrogens is 4. The fourth-order valence-corrected chi connectivity index (χ4v) is 4.25. The van der Waals surface area contributed by atoms with Crippen molar-refractivity contribution in [1.82, 2.24) is 19.9 Å². The Morgan fingerprint density at radius 2 is 1.62 bits per heavy atom. The zero-order chi connectivity index (χ0) is 24.0. The molecule has 4 aromatic rings. The van der Waals surface area contributed by atoms with Crippen molar-refractivity contribution in [1.29, 1.82) is 0 Å². The number of nitrogens with one attached hydrogen (secondary N) is 2. The number of hydrogen-bond acceptors (Lipinski definition) is 7. The lowest BCUT2D eigenvalue weighted by atomic mass is 10.0. The van der Waals surface area contributed by atoms with Gasteiger partial charge in [0.05, 0.1) is 22.5 Å². The van der Waals surface area contributed by atoms with Gasteiger partial charge in [-0.05, 0) is 40.5 Å². The van der Waals surface area contributed by atoms with Crippen LogP contribution in [0.3, 0.4) is 0 Å². The zero-order valence-corrected chi connectivity index (χ0v) is 20.5. The number of halogens is 1. The number of ether oxygens (including phenoxy) is 1. The number of hydrogen-bond donors (Lipinski definition) is 2. The van der Waals surface area contributed by atoms with Crippen molar-refractivity contribution in [2.24, 2.45) is 0 Å². The average molecular weight is 541 g/mol. The molecule has 0 unspecified atom stereocenters. The minimum Gasteiger partial charge on any atom is -0.463 e. The van der Waals surface area contributed by atoms with Gasteiger partial charge in [-0.1, -0.05) is 48.0 Å². The summed E-state index contributed by atoms with van der Waals surface area (Å²) in [5.41, 5.74) is 3.47. The molecule has 2 aromatic carbocycles. The van der Waals surface area contributed by atoms with Gasteiger partial charge in [-0.3, -0.25) is 4.72 Å². The predicted octanol–water partition coefficient (Wildman–Crippen LogP) is 4.39. The Morgan fingerprint density at radius 1 is 0.912 bits per heavy atom. The molecule has 2 aromatic heterocycles. The third-order valence-corrected chi connectivity index (χ3v) is 6.07. The van der Waals surface area contributed by atoms with Crippen molar-refractivity contribution in [2.75, 3.05) is 16.1 Å². The van der Waals surface area contributed by atoms with E-state index < -0.39 is 10.2 Å². The molecule has 4 rings (SSSR count). The third kappa shape index (κ3) is 6.27. The normalized spacial score (nSPS) is 11.1. The molecule has 0 aliphatic carbocycles. The van der Waals surface area contributed by atoms with Gasteiger partial charge in [0, 0.05) is 24.4 Å². The highest BCUT2D eigenvalue weighted by Crippen LogP contribution is 2.30. The lowest BCUT2D eigenvalue weighted by molar-refractivity contribution is 0.295. The minimum absolute atomic E-state index is 0.164. The van der Waals surface area contributed by atoms with Gasteiger partial charge in [-0.15, -0.1) is 0 Å². The monoisotopic (exact) mass is 540 g/mol. The van der Waals surface area contributed by atoms with Gasteiger partial charge < -0.3 is 4.74 Å². The number of anilines is 2. The van der Waals surface area contributed by atoms with Crippen LogP contribution in [0.5, 0.6) is 6.01 Å². The van der Waals surface area contributed by atoms with Gasteiger partial charge in [0.2, 0.25) is 0 Å². The Labute approximate surface area is 206 Å². The second kappa shape index (κ2) is 10.6. The van der Waals surface area contributed by atoms with Crippen LogP contribution in [0, 0.1) is 6.92 Å². The molecule has 2 heterocycles. The van der Waals surface area contributed by atoms with E-state index in [1.807, 2.05) is 31.2 Å². The Bertz CT molecular complexity index is 1350. The summed E-state index contributed by atoms with van der Waals surface area (Å²) in [5, 5.41) is 0. The van der Waals surface area contributed by atoms with Crippen LogP contribution >= 0.6 is 15.9 Å². The van der Waals surface area contributed by atoms with E-state index in [0.717, 1.165) is 15.6 Å². The summed E-state index contributed by atoms with van der Waals surface area (Å²) in [6.07, 6.45) is 4.89. The lowest BCUT2D eigenvalue weighted by Crippen LogP contribution is -2.23. The maximum absolute atomic E-state index is 12.8. The number of rotatable bonds is 9. The zero-order valence-electron chi connectivity index (χ0n) is 18.1. The molecule has 0 aliphatic heterocycles. The summed E-state index contributed by atoms with van der Waals surface area (Å²) in [6, 6.07) is 16.5. The van der Waals surface area contributed by atoms with Crippen LogP contribution in [0.4, 0.5) is 11.5 Å². The van der Waals surface area contributed by atoms with Gasteiger partial charge >= 0.3 is 16.2 Å². The average Bonchev–Trinajstić information content (AvgIpc) is 2.81. The fraction of sp³-hybridized carbons (Fsp3) is 0.130. The minimum atomic E-state index is -3.96. The van der Waals surface area contributed by atoms with E-state index in [4.69, 9.17) is 4.74 Å². The van der Waals surface area contributed by atoms with Crippen LogP contribution in [0.1, 0.15) is 11.3 Å². The van der Waals surface area contributed by atoms with Crippen molar-refractivity contribution in [3.63, 3.8) is 0 Å².